The van der Waals surface area contributed by atoms with Crippen LogP contribution in [0.15, 0.2) is 12.2 Å². The van der Waals surface area contributed by atoms with Crippen molar-refractivity contribution in [1.82, 2.24) is 4.90 Å². The Hall–Kier alpha value is -1.89. The molecule has 5 saturated carbocycles. The Morgan fingerprint density at radius 2 is 1.56 bits per heavy atom. The van der Waals surface area contributed by atoms with Crippen LogP contribution >= 0.6 is 0 Å². The van der Waals surface area contributed by atoms with E-state index in [4.69, 9.17) is 9.47 Å². The molecule has 0 aromatic carbocycles. The number of esters is 1. The zero-order valence-corrected chi connectivity index (χ0v) is 31.4. The van der Waals surface area contributed by atoms with Crippen molar-refractivity contribution in [2.24, 2.45) is 62.1 Å². The van der Waals surface area contributed by atoms with Crippen LogP contribution in [-0.4, -0.2) is 60.3 Å². The van der Waals surface area contributed by atoms with Crippen molar-refractivity contribution in [3.8, 4) is 0 Å². The third-order valence-electron chi connectivity index (χ3n) is 16.5. The van der Waals surface area contributed by atoms with Gasteiger partial charge in [-0.15, -0.1) is 0 Å². The van der Waals surface area contributed by atoms with E-state index in [1.807, 2.05) is 0 Å². The molecule has 1 amide bonds. The summed E-state index contributed by atoms with van der Waals surface area (Å²) in [5, 5.41) is 9.59. The van der Waals surface area contributed by atoms with Gasteiger partial charge in [0.05, 0.1) is 25.0 Å². The number of nitrogens with zero attached hydrogens (tertiary/aromatic N) is 1. The SMILES string of the molecule is C=C(C)[C@@H]1CC[C@]2(CC(=O)N3CCOCC3)CC[C@]3(C)[C@H](CC[C@H]4C3(C)CC[C@H]3C(C)(C)C(OC(=O)CC(C)(C)C(=O)O)CC[C@@]34C)[C@@H]12. The summed E-state index contributed by atoms with van der Waals surface area (Å²) in [6.07, 6.45) is 11.7. The van der Waals surface area contributed by atoms with Gasteiger partial charge in [-0.05, 0) is 136 Å². The molecule has 48 heavy (non-hydrogen) atoms. The number of morpholine rings is 1. The zero-order chi connectivity index (χ0) is 35.1. The lowest BCUT2D eigenvalue weighted by molar-refractivity contribution is -0.250. The predicted octanol–water partition coefficient (Wildman–Crippen LogP) is 8.31. The number of hydrogen-bond donors (Lipinski definition) is 1. The predicted molar refractivity (Wildman–Crippen MR) is 187 cm³/mol. The monoisotopic (exact) mass is 667 g/mol. The fraction of sp³-hybridized carbons (Fsp3) is 0.878. The molecule has 1 N–H and O–H groups in total. The van der Waals surface area contributed by atoms with E-state index in [1.54, 1.807) is 13.8 Å². The maximum absolute atomic E-state index is 13.9. The molecule has 0 aromatic rings. The minimum absolute atomic E-state index is 0.0760. The van der Waals surface area contributed by atoms with Crippen LogP contribution in [0.3, 0.4) is 0 Å². The summed E-state index contributed by atoms with van der Waals surface area (Å²) >= 11 is 0. The molecule has 5 aliphatic carbocycles. The first-order chi connectivity index (χ1) is 22.3. The Bertz CT molecular complexity index is 1320. The summed E-state index contributed by atoms with van der Waals surface area (Å²) in [7, 11) is 0. The van der Waals surface area contributed by atoms with Gasteiger partial charge in [0.1, 0.15) is 6.10 Å². The summed E-state index contributed by atoms with van der Waals surface area (Å²) in [6.45, 7) is 25.2. The van der Waals surface area contributed by atoms with E-state index in [9.17, 15) is 19.5 Å². The minimum Gasteiger partial charge on any atom is -0.481 e. The van der Waals surface area contributed by atoms with Gasteiger partial charge in [-0.3, -0.25) is 14.4 Å². The van der Waals surface area contributed by atoms with E-state index in [0.29, 0.717) is 55.1 Å². The molecular formula is C41H65NO6. The lowest BCUT2D eigenvalue weighted by Gasteiger charge is -2.73. The van der Waals surface area contributed by atoms with Crippen molar-refractivity contribution >= 4 is 17.8 Å². The average Bonchev–Trinajstić information content (AvgIpc) is 3.39. The van der Waals surface area contributed by atoms with Gasteiger partial charge in [0.15, 0.2) is 0 Å². The number of carboxylic acid groups (broad SMARTS) is 1. The summed E-state index contributed by atoms with van der Waals surface area (Å²) < 4.78 is 11.8. The fourth-order valence-electron chi connectivity index (χ4n) is 13.6. The quantitative estimate of drug-likeness (QED) is 0.217. The van der Waals surface area contributed by atoms with E-state index in [0.717, 1.165) is 45.2 Å². The molecule has 1 aliphatic heterocycles. The number of carbonyl (C=O) groups excluding carboxylic acids is 2. The lowest BCUT2D eigenvalue weighted by Crippen LogP contribution is -2.67. The molecule has 1 saturated heterocycles. The number of amides is 1. The lowest BCUT2D eigenvalue weighted by atomic mass is 9.32. The topological polar surface area (TPSA) is 93.1 Å². The van der Waals surface area contributed by atoms with E-state index in [-0.39, 0.29) is 45.6 Å². The minimum atomic E-state index is -1.14. The molecule has 0 bridgehead atoms. The highest BCUT2D eigenvalue weighted by atomic mass is 16.5. The van der Waals surface area contributed by atoms with Crippen molar-refractivity contribution in [2.45, 2.75) is 139 Å². The molecule has 1 heterocycles. The number of carboxylic acids is 1. The van der Waals surface area contributed by atoms with Crippen molar-refractivity contribution in [2.75, 3.05) is 26.3 Å². The molecular weight excluding hydrogens is 602 g/mol. The number of aliphatic carboxylic acids is 1. The van der Waals surface area contributed by atoms with Crippen molar-refractivity contribution in [3.05, 3.63) is 12.2 Å². The highest BCUT2D eigenvalue weighted by Crippen LogP contribution is 2.78. The Labute approximate surface area is 290 Å². The summed E-state index contributed by atoms with van der Waals surface area (Å²) in [4.78, 5) is 40.7. The average molecular weight is 668 g/mol. The summed E-state index contributed by atoms with van der Waals surface area (Å²) in [6, 6.07) is 0. The smallest absolute Gasteiger partial charge is 0.309 e. The molecule has 0 aromatic heterocycles. The van der Waals surface area contributed by atoms with Crippen LogP contribution in [0.4, 0.5) is 0 Å². The Morgan fingerprint density at radius 3 is 2.21 bits per heavy atom. The molecule has 6 rings (SSSR count). The van der Waals surface area contributed by atoms with Gasteiger partial charge >= 0.3 is 11.9 Å². The van der Waals surface area contributed by atoms with Gasteiger partial charge in [0, 0.05) is 24.9 Å². The van der Waals surface area contributed by atoms with E-state index in [1.165, 1.54) is 37.7 Å². The van der Waals surface area contributed by atoms with Crippen molar-refractivity contribution in [1.29, 1.82) is 0 Å². The Balaban J connectivity index is 1.25. The van der Waals surface area contributed by atoms with Crippen LogP contribution in [-0.2, 0) is 23.9 Å². The maximum Gasteiger partial charge on any atom is 0.309 e. The van der Waals surface area contributed by atoms with E-state index >= 15 is 0 Å². The number of carbonyl (C=O) groups is 3. The molecule has 6 fully saturated rings. The van der Waals surface area contributed by atoms with Crippen LogP contribution in [0, 0.1) is 62.1 Å². The number of hydrogen-bond acceptors (Lipinski definition) is 5. The van der Waals surface area contributed by atoms with Gasteiger partial charge < -0.3 is 19.5 Å². The van der Waals surface area contributed by atoms with Crippen molar-refractivity contribution < 1.29 is 29.0 Å². The zero-order valence-electron chi connectivity index (χ0n) is 31.4. The third-order valence-corrected chi connectivity index (χ3v) is 16.5. The fourth-order valence-corrected chi connectivity index (χ4v) is 13.6. The second-order valence-electron chi connectivity index (χ2n) is 19.4. The number of ether oxygens (including phenoxy) is 2. The molecule has 0 radical (unpaired) electrons. The van der Waals surface area contributed by atoms with Gasteiger partial charge in [0.2, 0.25) is 5.91 Å². The highest BCUT2D eigenvalue weighted by molar-refractivity contribution is 5.81. The van der Waals surface area contributed by atoms with Gasteiger partial charge in [-0.25, -0.2) is 0 Å². The van der Waals surface area contributed by atoms with Gasteiger partial charge in [-0.1, -0.05) is 46.8 Å². The normalized spacial score (nSPS) is 43.6. The largest absolute Gasteiger partial charge is 0.481 e. The Morgan fingerprint density at radius 1 is 0.875 bits per heavy atom. The summed E-state index contributed by atoms with van der Waals surface area (Å²) in [5.41, 5.74) is 0.621. The molecule has 7 nitrogen and oxygen atoms in total. The first-order valence-electron chi connectivity index (χ1n) is 19.3. The highest BCUT2D eigenvalue weighted by Gasteiger charge is 2.71. The van der Waals surface area contributed by atoms with Crippen LogP contribution < -0.4 is 0 Å². The van der Waals surface area contributed by atoms with Crippen LogP contribution in [0.25, 0.3) is 0 Å². The first-order valence-corrected chi connectivity index (χ1v) is 19.3. The number of fused-ring (bicyclic) bond motifs is 7. The second kappa shape index (κ2) is 12.1. The third kappa shape index (κ3) is 5.41. The van der Waals surface area contributed by atoms with E-state index < -0.39 is 11.4 Å². The summed E-state index contributed by atoms with van der Waals surface area (Å²) in [5.74, 6) is 1.62. The molecule has 0 spiro atoms. The maximum atomic E-state index is 13.9. The standard InChI is InChI=1S/C41H65NO6/c1-26(2)27-12-17-41(24-32(43)42-20-22-47-23-21-42)19-18-39(8)28(34(27)41)10-11-30-38(7)15-14-31(48-33(44)25-36(3,4)35(45)46)37(5,6)29(38)13-16-40(30,39)9/h27-31,34H,1,10-25H2,2-9H3,(H,45,46)/t27-,28+,29-,30+,31?,34+,38-,39+,40?,41+/m0/s1. The van der Waals surface area contributed by atoms with Crippen LogP contribution in [0.1, 0.15) is 132 Å². The van der Waals surface area contributed by atoms with Gasteiger partial charge in [-0.2, -0.15) is 0 Å². The molecule has 10 atom stereocenters. The molecule has 6 aliphatic rings. The molecule has 270 valence electrons. The molecule has 7 heteroatoms. The van der Waals surface area contributed by atoms with Gasteiger partial charge in [0.25, 0.3) is 0 Å². The second-order valence-corrected chi connectivity index (χ2v) is 19.4. The van der Waals surface area contributed by atoms with Crippen molar-refractivity contribution in [3.63, 3.8) is 0 Å². The first kappa shape index (κ1) is 35.9. The molecule has 2 unspecified atom stereocenters. The van der Waals surface area contributed by atoms with Crippen LogP contribution in [0.2, 0.25) is 0 Å². The number of rotatable bonds is 7. The van der Waals surface area contributed by atoms with E-state index in [2.05, 4.69) is 53.0 Å². The Kier molecular flexibility index (Phi) is 9.07. The van der Waals surface area contributed by atoms with Crippen LogP contribution in [0.5, 0.6) is 0 Å². The number of allylic oxidation sites excluding steroid dienone is 1.